The average molecular weight is 483 g/mol. The summed E-state index contributed by atoms with van der Waals surface area (Å²) in [5.74, 6) is 0. The molecule has 164 valence electrons. The Morgan fingerprint density at radius 1 is 0.429 bits per heavy atom. The van der Waals surface area contributed by atoms with Crippen molar-refractivity contribution < 1.29 is 0 Å². The Morgan fingerprint density at radius 3 is 1.40 bits per heavy atom. The summed E-state index contributed by atoms with van der Waals surface area (Å²) in [4.78, 5) is 10.5. The molecule has 0 saturated carbocycles. The zero-order valence-electron chi connectivity index (χ0n) is 18.6. The Hall–Kier alpha value is -3.60. The maximum absolute atomic E-state index is 2.62. The summed E-state index contributed by atoms with van der Waals surface area (Å²) in [5, 5.41) is 0. The van der Waals surface area contributed by atoms with Crippen molar-refractivity contribution >= 4 is 46.3 Å². The van der Waals surface area contributed by atoms with Gasteiger partial charge in [-0.15, -0.1) is 0 Å². The van der Waals surface area contributed by atoms with E-state index in [2.05, 4.69) is 113 Å². The lowest BCUT2D eigenvalue weighted by atomic mass is 9.81. The van der Waals surface area contributed by atoms with E-state index < -0.39 is 0 Å². The van der Waals surface area contributed by atoms with Crippen molar-refractivity contribution in [3.63, 3.8) is 0 Å². The van der Waals surface area contributed by atoms with Gasteiger partial charge in [0.1, 0.15) is 6.17 Å². The number of hydrogen-bond donors (Lipinski definition) is 0. The number of anilines is 4. The third-order valence-corrected chi connectivity index (χ3v) is 9.83. The summed E-state index contributed by atoms with van der Waals surface area (Å²) in [6.07, 6.45) is 0.0487. The maximum Gasteiger partial charge on any atom is 0.138 e. The largest absolute Gasteiger partial charge is 0.313 e. The fourth-order valence-corrected chi connectivity index (χ4v) is 8.51. The Labute approximate surface area is 212 Å². The second-order valence-corrected chi connectivity index (χ2v) is 11.5. The van der Waals surface area contributed by atoms with Crippen LogP contribution in [0.15, 0.2) is 123 Å². The van der Waals surface area contributed by atoms with Gasteiger partial charge in [-0.05, 0) is 47.5 Å². The van der Waals surface area contributed by atoms with E-state index in [1.165, 1.54) is 70.1 Å². The summed E-state index contributed by atoms with van der Waals surface area (Å²) in [6, 6.07) is 38.3. The van der Waals surface area contributed by atoms with Crippen molar-refractivity contribution in [3.8, 4) is 22.3 Å². The van der Waals surface area contributed by atoms with Crippen molar-refractivity contribution in [2.45, 2.75) is 25.7 Å². The van der Waals surface area contributed by atoms with Crippen LogP contribution in [0.25, 0.3) is 22.3 Å². The van der Waals surface area contributed by atoms with Crippen molar-refractivity contribution in [1.29, 1.82) is 0 Å². The standard InChI is InChI=1S/C31H18N2S2/c1-3-14-24-22(12-1)32-29-20(10-6-16-26(29)34-24)18-8-5-9-19-21-11-7-17-27-30(21)33(31(32)28(18)19)23-13-2-4-15-25(23)35-27/h1-17,31H. The third-order valence-electron chi connectivity index (χ3n) is 7.60. The minimum atomic E-state index is 0.0487. The Kier molecular flexibility index (Phi) is 3.49. The zero-order valence-corrected chi connectivity index (χ0v) is 20.2. The molecular formula is C31H18N2S2. The molecule has 0 atom stereocenters. The molecule has 0 unspecified atom stereocenters. The van der Waals surface area contributed by atoms with E-state index >= 15 is 0 Å². The van der Waals surface area contributed by atoms with E-state index in [-0.39, 0.29) is 6.17 Å². The molecule has 5 aromatic rings. The molecule has 0 amide bonds. The number of nitrogens with zero attached hydrogens (tertiary/aromatic N) is 2. The van der Waals surface area contributed by atoms with Crippen LogP contribution >= 0.6 is 23.5 Å². The van der Waals surface area contributed by atoms with Crippen LogP contribution in [0.4, 0.5) is 22.7 Å². The number of rotatable bonds is 0. The molecule has 0 radical (unpaired) electrons. The van der Waals surface area contributed by atoms with Crippen LogP contribution in [-0.2, 0) is 0 Å². The third kappa shape index (κ3) is 2.25. The van der Waals surface area contributed by atoms with Gasteiger partial charge in [0.05, 0.1) is 22.7 Å². The Bertz CT molecular complexity index is 1620. The van der Waals surface area contributed by atoms with Gasteiger partial charge in [0.25, 0.3) is 0 Å². The number of fused-ring (bicyclic) bond motifs is 8. The normalized spacial score (nSPS) is 15.5. The highest BCUT2D eigenvalue weighted by atomic mass is 32.2. The molecule has 2 nitrogen and oxygen atoms in total. The summed E-state index contributed by atoms with van der Waals surface area (Å²) in [6.45, 7) is 0. The first-order chi connectivity index (χ1) is 17.4. The van der Waals surface area contributed by atoms with E-state index in [0.29, 0.717) is 0 Å². The van der Waals surface area contributed by atoms with E-state index in [1.807, 2.05) is 23.5 Å². The van der Waals surface area contributed by atoms with Crippen LogP contribution in [0.1, 0.15) is 11.7 Å². The molecule has 9 rings (SSSR count). The summed E-state index contributed by atoms with van der Waals surface area (Å²) in [5.41, 5.74) is 12.0. The average Bonchev–Trinajstić information content (AvgIpc) is 2.91. The topological polar surface area (TPSA) is 6.48 Å². The van der Waals surface area contributed by atoms with Gasteiger partial charge in [0, 0.05) is 36.3 Å². The van der Waals surface area contributed by atoms with Crippen molar-refractivity contribution in [2.75, 3.05) is 9.80 Å². The van der Waals surface area contributed by atoms with Crippen molar-refractivity contribution in [3.05, 3.63) is 109 Å². The molecule has 35 heavy (non-hydrogen) atoms. The van der Waals surface area contributed by atoms with Crippen LogP contribution in [-0.4, -0.2) is 0 Å². The SMILES string of the molecule is c1ccc2c(c1)Sc1cccc3c1N2C1c2c-3cccc2-c2cccc3c2N1c1ccccc1S3. The minimum Gasteiger partial charge on any atom is -0.313 e. The van der Waals surface area contributed by atoms with Gasteiger partial charge in [-0.25, -0.2) is 0 Å². The highest BCUT2D eigenvalue weighted by Gasteiger charge is 2.47. The first-order valence-corrected chi connectivity index (χ1v) is 13.5. The minimum absolute atomic E-state index is 0.0487. The van der Waals surface area contributed by atoms with Gasteiger partial charge in [-0.3, -0.25) is 0 Å². The lowest BCUT2D eigenvalue weighted by molar-refractivity contribution is 0.673. The highest BCUT2D eigenvalue weighted by Crippen LogP contribution is 2.66. The molecule has 4 heterocycles. The molecule has 4 aliphatic rings. The van der Waals surface area contributed by atoms with E-state index in [9.17, 15) is 0 Å². The fraction of sp³-hybridized carbons (Fsp3) is 0.0323. The predicted molar refractivity (Wildman–Crippen MR) is 145 cm³/mol. The van der Waals surface area contributed by atoms with Gasteiger partial charge in [0.2, 0.25) is 0 Å². The van der Waals surface area contributed by atoms with E-state index in [1.54, 1.807) is 0 Å². The monoisotopic (exact) mass is 482 g/mol. The van der Waals surface area contributed by atoms with Crippen molar-refractivity contribution in [1.82, 2.24) is 0 Å². The summed E-state index contributed by atoms with van der Waals surface area (Å²) in [7, 11) is 0. The number of para-hydroxylation sites is 4. The fourth-order valence-electron chi connectivity index (χ4n) is 6.30. The molecule has 5 aromatic carbocycles. The van der Waals surface area contributed by atoms with Gasteiger partial charge < -0.3 is 9.80 Å². The van der Waals surface area contributed by atoms with Gasteiger partial charge in [-0.1, -0.05) is 90.3 Å². The number of hydrogen-bond acceptors (Lipinski definition) is 4. The van der Waals surface area contributed by atoms with Crippen LogP contribution in [0.3, 0.4) is 0 Å². The van der Waals surface area contributed by atoms with Crippen LogP contribution in [0.2, 0.25) is 0 Å². The van der Waals surface area contributed by atoms with Crippen LogP contribution in [0, 0.1) is 0 Å². The van der Waals surface area contributed by atoms with Gasteiger partial charge in [0.15, 0.2) is 0 Å². The van der Waals surface area contributed by atoms with E-state index in [0.717, 1.165) is 0 Å². The molecule has 4 heteroatoms. The first kappa shape index (κ1) is 18.7. The Balaban J connectivity index is 1.47. The molecule has 0 N–H and O–H groups in total. The smallest absolute Gasteiger partial charge is 0.138 e. The number of benzene rings is 5. The zero-order chi connectivity index (χ0) is 22.7. The summed E-state index contributed by atoms with van der Waals surface area (Å²) < 4.78 is 0. The van der Waals surface area contributed by atoms with Gasteiger partial charge in [-0.2, -0.15) is 0 Å². The molecule has 0 spiro atoms. The molecule has 0 aromatic heterocycles. The molecule has 0 bridgehead atoms. The van der Waals surface area contributed by atoms with Crippen LogP contribution in [0.5, 0.6) is 0 Å². The molecule has 0 fully saturated rings. The highest BCUT2D eigenvalue weighted by molar-refractivity contribution is 8.00. The molecule has 0 saturated heterocycles. The van der Waals surface area contributed by atoms with E-state index in [4.69, 9.17) is 0 Å². The first-order valence-electron chi connectivity index (χ1n) is 11.9. The quantitative estimate of drug-likeness (QED) is 0.217. The molecule has 4 aliphatic heterocycles. The Morgan fingerprint density at radius 2 is 0.857 bits per heavy atom. The maximum atomic E-state index is 2.62. The van der Waals surface area contributed by atoms with Gasteiger partial charge >= 0.3 is 0 Å². The molecule has 0 aliphatic carbocycles. The lowest BCUT2D eigenvalue weighted by Gasteiger charge is -2.53. The second kappa shape index (κ2) is 6.54. The lowest BCUT2D eigenvalue weighted by Crippen LogP contribution is -2.43. The van der Waals surface area contributed by atoms with Crippen LogP contribution < -0.4 is 9.80 Å². The summed E-state index contributed by atoms with van der Waals surface area (Å²) >= 11 is 3.78. The predicted octanol–water partition coefficient (Wildman–Crippen LogP) is 9.25. The second-order valence-electron chi connectivity index (χ2n) is 9.32. The van der Waals surface area contributed by atoms with Crippen molar-refractivity contribution in [2.24, 2.45) is 0 Å². The molecular weight excluding hydrogens is 464 g/mol.